The second-order valence-electron chi connectivity index (χ2n) is 7.93. The molecule has 5 heteroatoms. The quantitative estimate of drug-likeness (QED) is 0.895. The molecule has 2 fully saturated rings. The van der Waals surface area contributed by atoms with Gasteiger partial charge in [-0.25, -0.2) is 8.42 Å². The highest BCUT2D eigenvalue weighted by atomic mass is 32.2. The Hall–Kier alpha value is -1.36. The molecular formula is C19H25NO3S. The summed E-state index contributed by atoms with van der Waals surface area (Å²) >= 11 is 0. The van der Waals surface area contributed by atoms with Crippen LogP contribution in [0.1, 0.15) is 54.8 Å². The standard InChI is InChI=1S/C19H25NO3S/c1-13-5-6-14-3-2-4-17(15(14)11-13)20-18(21)16-12-19(16)7-9-24(22,23)10-8-19/h5-6,11,16-17H,2-4,7-10,12H2,1H3,(H,20,21)/t16-,17+/m0/s1. The summed E-state index contributed by atoms with van der Waals surface area (Å²) in [5, 5.41) is 3.27. The van der Waals surface area contributed by atoms with Gasteiger partial charge in [0, 0.05) is 5.92 Å². The van der Waals surface area contributed by atoms with Gasteiger partial charge in [0.15, 0.2) is 0 Å². The fourth-order valence-electron chi connectivity index (χ4n) is 4.56. The van der Waals surface area contributed by atoms with Gasteiger partial charge in [0.05, 0.1) is 17.5 Å². The van der Waals surface area contributed by atoms with Crippen LogP contribution in [0.25, 0.3) is 0 Å². The first-order valence-corrected chi connectivity index (χ1v) is 10.8. The van der Waals surface area contributed by atoms with Crippen molar-refractivity contribution in [3.63, 3.8) is 0 Å². The topological polar surface area (TPSA) is 63.2 Å². The van der Waals surface area contributed by atoms with E-state index in [0.29, 0.717) is 12.8 Å². The molecule has 24 heavy (non-hydrogen) atoms. The summed E-state index contributed by atoms with van der Waals surface area (Å²) in [7, 11) is -2.87. The highest BCUT2D eigenvalue weighted by Crippen LogP contribution is 2.60. The zero-order chi connectivity index (χ0) is 16.9. The Balaban J connectivity index is 1.45. The Bertz CT molecular complexity index is 770. The molecule has 1 spiro atoms. The van der Waals surface area contributed by atoms with Crippen LogP contribution in [0.15, 0.2) is 18.2 Å². The average Bonchev–Trinajstić information content (AvgIpc) is 3.26. The third-order valence-corrected chi connectivity index (χ3v) is 7.91. The van der Waals surface area contributed by atoms with Gasteiger partial charge in [-0.05, 0) is 62.0 Å². The zero-order valence-corrected chi connectivity index (χ0v) is 15.0. The molecular weight excluding hydrogens is 322 g/mol. The van der Waals surface area contributed by atoms with Gasteiger partial charge in [0.25, 0.3) is 0 Å². The van der Waals surface area contributed by atoms with E-state index in [0.717, 1.165) is 25.7 Å². The van der Waals surface area contributed by atoms with Crippen LogP contribution in [0, 0.1) is 18.3 Å². The molecule has 1 aliphatic heterocycles. The Morgan fingerprint density at radius 2 is 2.00 bits per heavy atom. The summed E-state index contributed by atoms with van der Waals surface area (Å²) < 4.78 is 23.3. The molecule has 1 amide bonds. The first-order chi connectivity index (χ1) is 11.4. The van der Waals surface area contributed by atoms with Crippen molar-refractivity contribution in [3.8, 4) is 0 Å². The Labute approximate surface area is 143 Å². The lowest BCUT2D eigenvalue weighted by atomic mass is 9.86. The molecule has 1 saturated carbocycles. The monoisotopic (exact) mass is 347 g/mol. The predicted octanol–water partition coefficient (Wildman–Crippen LogP) is 2.70. The molecule has 3 aliphatic rings. The lowest BCUT2D eigenvalue weighted by Crippen LogP contribution is -2.35. The summed E-state index contributed by atoms with van der Waals surface area (Å²) in [6, 6.07) is 6.65. The van der Waals surface area contributed by atoms with Gasteiger partial charge in [-0.2, -0.15) is 0 Å². The van der Waals surface area contributed by atoms with Gasteiger partial charge in [-0.3, -0.25) is 4.79 Å². The molecule has 2 aliphatic carbocycles. The third kappa shape index (κ3) is 2.87. The van der Waals surface area contributed by atoms with Crippen LogP contribution >= 0.6 is 0 Å². The van der Waals surface area contributed by atoms with Gasteiger partial charge < -0.3 is 5.32 Å². The van der Waals surface area contributed by atoms with Crippen LogP contribution in [0.4, 0.5) is 0 Å². The Morgan fingerprint density at radius 1 is 1.25 bits per heavy atom. The summed E-state index contributed by atoms with van der Waals surface area (Å²) in [5.74, 6) is 0.654. The molecule has 2 atom stereocenters. The molecule has 0 radical (unpaired) electrons. The molecule has 1 aromatic carbocycles. The molecule has 130 valence electrons. The molecule has 4 rings (SSSR count). The lowest BCUT2D eigenvalue weighted by molar-refractivity contribution is -0.124. The summed E-state index contributed by atoms with van der Waals surface area (Å²) in [6.45, 7) is 2.09. The molecule has 1 heterocycles. The molecule has 1 aromatic rings. The van der Waals surface area contributed by atoms with Crippen molar-refractivity contribution in [2.24, 2.45) is 11.3 Å². The number of amides is 1. The van der Waals surface area contributed by atoms with Crippen molar-refractivity contribution >= 4 is 15.7 Å². The molecule has 0 unspecified atom stereocenters. The highest BCUT2D eigenvalue weighted by Gasteiger charge is 2.59. The maximum Gasteiger partial charge on any atom is 0.224 e. The third-order valence-electron chi connectivity index (χ3n) is 6.26. The minimum atomic E-state index is -2.87. The smallest absolute Gasteiger partial charge is 0.224 e. The lowest BCUT2D eigenvalue weighted by Gasteiger charge is -2.28. The normalized spacial score (nSPS) is 29.7. The van der Waals surface area contributed by atoms with Gasteiger partial charge in [0.2, 0.25) is 5.91 Å². The first-order valence-electron chi connectivity index (χ1n) is 8.99. The van der Waals surface area contributed by atoms with E-state index in [-0.39, 0.29) is 34.8 Å². The minimum Gasteiger partial charge on any atom is -0.349 e. The van der Waals surface area contributed by atoms with Crippen molar-refractivity contribution in [1.82, 2.24) is 5.32 Å². The largest absolute Gasteiger partial charge is 0.349 e. The van der Waals surface area contributed by atoms with E-state index in [1.807, 2.05) is 0 Å². The molecule has 1 N–H and O–H groups in total. The van der Waals surface area contributed by atoms with Gasteiger partial charge >= 0.3 is 0 Å². The zero-order valence-electron chi connectivity index (χ0n) is 14.2. The Kier molecular flexibility index (Phi) is 3.75. The van der Waals surface area contributed by atoms with Crippen LogP contribution in [-0.4, -0.2) is 25.8 Å². The van der Waals surface area contributed by atoms with E-state index in [1.165, 1.54) is 16.7 Å². The first kappa shape index (κ1) is 16.1. The minimum absolute atomic E-state index is 0.0168. The van der Waals surface area contributed by atoms with E-state index in [2.05, 4.69) is 30.4 Å². The van der Waals surface area contributed by atoms with Crippen LogP contribution in [0.3, 0.4) is 0 Å². The number of hydrogen-bond acceptors (Lipinski definition) is 3. The average molecular weight is 347 g/mol. The summed E-state index contributed by atoms with van der Waals surface area (Å²) in [6.07, 6.45) is 5.38. The van der Waals surface area contributed by atoms with Crippen LogP contribution in [0.2, 0.25) is 0 Å². The maximum absolute atomic E-state index is 12.7. The van der Waals surface area contributed by atoms with Crippen molar-refractivity contribution in [1.29, 1.82) is 0 Å². The molecule has 0 bridgehead atoms. The number of fused-ring (bicyclic) bond motifs is 1. The second kappa shape index (κ2) is 5.58. The number of hydrogen-bond donors (Lipinski definition) is 1. The van der Waals surface area contributed by atoms with Gasteiger partial charge in [-0.15, -0.1) is 0 Å². The SMILES string of the molecule is Cc1ccc2c(c1)[C@H](NC(=O)[C@@H]1CC13CCS(=O)(=O)CC3)CCC2. The molecule has 0 aromatic heterocycles. The number of sulfone groups is 1. The van der Waals surface area contributed by atoms with Crippen LogP contribution < -0.4 is 5.32 Å². The molecule has 1 saturated heterocycles. The summed E-state index contributed by atoms with van der Waals surface area (Å²) in [5.41, 5.74) is 3.83. The predicted molar refractivity (Wildman–Crippen MR) is 93.4 cm³/mol. The molecule has 4 nitrogen and oxygen atoms in total. The van der Waals surface area contributed by atoms with E-state index < -0.39 is 9.84 Å². The highest BCUT2D eigenvalue weighted by molar-refractivity contribution is 7.91. The Morgan fingerprint density at radius 3 is 2.75 bits per heavy atom. The fourth-order valence-corrected chi connectivity index (χ4v) is 6.20. The van der Waals surface area contributed by atoms with Gasteiger partial charge in [-0.1, -0.05) is 23.8 Å². The number of carbonyl (C=O) groups excluding carboxylic acids is 1. The van der Waals surface area contributed by atoms with E-state index in [4.69, 9.17) is 0 Å². The van der Waals surface area contributed by atoms with Crippen molar-refractivity contribution in [2.45, 2.75) is 51.5 Å². The number of benzene rings is 1. The van der Waals surface area contributed by atoms with E-state index >= 15 is 0 Å². The van der Waals surface area contributed by atoms with E-state index in [9.17, 15) is 13.2 Å². The van der Waals surface area contributed by atoms with E-state index in [1.54, 1.807) is 0 Å². The fraction of sp³-hybridized carbons (Fsp3) is 0.632. The second-order valence-corrected chi connectivity index (χ2v) is 10.2. The van der Waals surface area contributed by atoms with Gasteiger partial charge in [0.1, 0.15) is 9.84 Å². The number of carbonyl (C=O) groups is 1. The number of nitrogens with one attached hydrogen (secondary N) is 1. The van der Waals surface area contributed by atoms with Crippen molar-refractivity contribution in [2.75, 3.05) is 11.5 Å². The van der Waals surface area contributed by atoms with Crippen molar-refractivity contribution in [3.05, 3.63) is 34.9 Å². The van der Waals surface area contributed by atoms with Crippen molar-refractivity contribution < 1.29 is 13.2 Å². The number of rotatable bonds is 2. The number of aryl methyl sites for hydroxylation is 2. The maximum atomic E-state index is 12.7. The van der Waals surface area contributed by atoms with Crippen LogP contribution in [-0.2, 0) is 21.1 Å². The van der Waals surface area contributed by atoms with Crippen LogP contribution in [0.5, 0.6) is 0 Å². The summed E-state index contributed by atoms with van der Waals surface area (Å²) in [4.78, 5) is 12.7.